The fourth-order valence-electron chi connectivity index (χ4n) is 2.31. The van der Waals surface area contributed by atoms with E-state index in [2.05, 4.69) is 4.74 Å². The molecule has 0 aliphatic carbocycles. The number of hydrogen-bond acceptors (Lipinski definition) is 4. The van der Waals surface area contributed by atoms with Crippen molar-refractivity contribution in [3.63, 3.8) is 0 Å². The van der Waals surface area contributed by atoms with Crippen molar-refractivity contribution in [2.75, 3.05) is 19.7 Å². The van der Waals surface area contributed by atoms with Gasteiger partial charge in [-0.1, -0.05) is 17.7 Å². The molecular weight excluding hydrogens is 284 g/mol. The molecule has 0 aromatic heterocycles. The topological polar surface area (TPSA) is 66.9 Å². The standard InChI is InChI=1S/C13H11ClN2O4/c14-9-3-1-2-8(4-9)12(18)15-5-10(6-15)16-11(17)7-20-13(16)19/h1-4,10H,5-7H2. The van der Waals surface area contributed by atoms with Crippen molar-refractivity contribution in [1.29, 1.82) is 0 Å². The van der Waals surface area contributed by atoms with Crippen LogP contribution in [0.1, 0.15) is 10.4 Å². The number of benzene rings is 1. The lowest BCUT2D eigenvalue weighted by molar-refractivity contribution is -0.129. The number of carbonyl (C=O) groups is 3. The van der Waals surface area contributed by atoms with Crippen LogP contribution >= 0.6 is 11.6 Å². The van der Waals surface area contributed by atoms with Gasteiger partial charge in [-0.15, -0.1) is 0 Å². The van der Waals surface area contributed by atoms with Gasteiger partial charge in [0.05, 0.1) is 6.04 Å². The quantitative estimate of drug-likeness (QED) is 0.820. The Hall–Kier alpha value is -2.08. The van der Waals surface area contributed by atoms with E-state index in [1.54, 1.807) is 29.2 Å². The SMILES string of the molecule is O=C(c1cccc(Cl)c1)N1CC(N2C(=O)COC2=O)C1. The largest absolute Gasteiger partial charge is 0.439 e. The Morgan fingerprint density at radius 2 is 2.05 bits per heavy atom. The molecule has 7 heteroatoms. The van der Waals surface area contributed by atoms with Crippen LogP contribution in [0.2, 0.25) is 5.02 Å². The van der Waals surface area contributed by atoms with Crippen molar-refractivity contribution in [2.45, 2.75) is 6.04 Å². The first-order valence-electron chi connectivity index (χ1n) is 6.10. The zero-order chi connectivity index (χ0) is 14.3. The van der Waals surface area contributed by atoms with Crippen molar-refractivity contribution in [3.8, 4) is 0 Å². The number of rotatable bonds is 2. The third kappa shape index (κ3) is 2.12. The number of imide groups is 1. The Morgan fingerprint density at radius 1 is 1.30 bits per heavy atom. The van der Waals surface area contributed by atoms with Crippen molar-refractivity contribution >= 4 is 29.5 Å². The van der Waals surface area contributed by atoms with E-state index in [1.807, 2.05) is 0 Å². The minimum atomic E-state index is -0.630. The lowest BCUT2D eigenvalue weighted by atomic mass is 10.1. The zero-order valence-electron chi connectivity index (χ0n) is 10.4. The summed E-state index contributed by atoms with van der Waals surface area (Å²) in [5.41, 5.74) is 0.492. The summed E-state index contributed by atoms with van der Waals surface area (Å²) >= 11 is 5.84. The van der Waals surface area contributed by atoms with Gasteiger partial charge < -0.3 is 9.64 Å². The van der Waals surface area contributed by atoms with E-state index in [9.17, 15) is 14.4 Å². The molecule has 20 heavy (non-hydrogen) atoms. The molecule has 1 aromatic carbocycles. The fourth-order valence-corrected chi connectivity index (χ4v) is 2.50. The zero-order valence-corrected chi connectivity index (χ0v) is 11.2. The van der Waals surface area contributed by atoms with Gasteiger partial charge in [0.15, 0.2) is 6.61 Å². The van der Waals surface area contributed by atoms with E-state index < -0.39 is 6.09 Å². The van der Waals surface area contributed by atoms with Crippen LogP contribution in [0.3, 0.4) is 0 Å². The predicted octanol–water partition coefficient (Wildman–Crippen LogP) is 1.14. The highest BCUT2D eigenvalue weighted by molar-refractivity contribution is 6.30. The Labute approximate surface area is 119 Å². The maximum Gasteiger partial charge on any atom is 0.417 e. The summed E-state index contributed by atoms with van der Waals surface area (Å²) in [5.74, 6) is -0.515. The van der Waals surface area contributed by atoms with E-state index in [1.165, 1.54) is 0 Å². The number of ether oxygens (including phenoxy) is 1. The summed E-state index contributed by atoms with van der Waals surface area (Å²) in [7, 11) is 0. The molecule has 3 amide bonds. The Kier molecular flexibility index (Phi) is 3.10. The van der Waals surface area contributed by atoms with Crippen LogP contribution in [0.5, 0.6) is 0 Å². The Bertz CT molecular complexity index is 582. The lowest BCUT2D eigenvalue weighted by Gasteiger charge is -2.41. The summed E-state index contributed by atoms with van der Waals surface area (Å²) < 4.78 is 4.65. The summed E-state index contributed by atoms with van der Waals surface area (Å²) in [6, 6.07) is 6.37. The number of nitrogens with zero attached hydrogens (tertiary/aromatic N) is 2. The first-order valence-corrected chi connectivity index (χ1v) is 6.48. The second-order valence-electron chi connectivity index (χ2n) is 4.69. The highest BCUT2D eigenvalue weighted by Crippen LogP contribution is 2.22. The first kappa shape index (κ1) is 12.9. The number of likely N-dealkylation sites (tertiary alicyclic amines) is 1. The van der Waals surface area contributed by atoms with Crippen LogP contribution in [0.15, 0.2) is 24.3 Å². The number of cyclic esters (lactones) is 1. The van der Waals surface area contributed by atoms with Crippen LogP contribution in [0.4, 0.5) is 4.79 Å². The molecular formula is C13H11ClN2O4. The van der Waals surface area contributed by atoms with Gasteiger partial charge >= 0.3 is 6.09 Å². The molecule has 2 fully saturated rings. The molecule has 2 aliphatic rings. The van der Waals surface area contributed by atoms with Gasteiger partial charge in [0.1, 0.15) is 0 Å². The monoisotopic (exact) mass is 294 g/mol. The van der Waals surface area contributed by atoms with Crippen molar-refractivity contribution < 1.29 is 19.1 Å². The second kappa shape index (κ2) is 4.79. The third-order valence-corrected chi connectivity index (χ3v) is 3.61. The van der Waals surface area contributed by atoms with E-state index >= 15 is 0 Å². The van der Waals surface area contributed by atoms with E-state index in [-0.39, 0.29) is 24.5 Å². The average Bonchev–Trinajstić information content (AvgIpc) is 2.69. The summed E-state index contributed by atoms with van der Waals surface area (Å²) in [6.07, 6.45) is -0.630. The Balaban J connectivity index is 1.64. The van der Waals surface area contributed by atoms with Crippen LogP contribution in [-0.2, 0) is 9.53 Å². The van der Waals surface area contributed by atoms with E-state index in [4.69, 9.17) is 11.6 Å². The minimum absolute atomic E-state index is 0.163. The van der Waals surface area contributed by atoms with Crippen LogP contribution < -0.4 is 0 Å². The van der Waals surface area contributed by atoms with E-state index in [0.29, 0.717) is 23.7 Å². The van der Waals surface area contributed by atoms with Crippen LogP contribution in [0, 0.1) is 0 Å². The lowest BCUT2D eigenvalue weighted by Crippen LogP contribution is -2.62. The van der Waals surface area contributed by atoms with Gasteiger partial charge in [-0.05, 0) is 18.2 Å². The maximum absolute atomic E-state index is 12.2. The molecule has 6 nitrogen and oxygen atoms in total. The second-order valence-corrected chi connectivity index (χ2v) is 5.13. The molecule has 0 bridgehead atoms. The summed E-state index contributed by atoms with van der Waals surface area (Å²) in [6.45, 7) is 0.440. The predicted molar refractivity (Wildman–Crippen MR) is 69.3 cm³/mol. The van der Waals surface area contributed by atoms with Crippen molar-refractivity contribution in [2.24, 2.45) is 0 Å². The first-order chi connectivity index (χ1) is 9.56. The van der Waals surface area contributed by atoms with Gasteiger partial charge in [0.25, 0.3) is 11.8 Å². The summed E-state index contributed by atoms with van der Waals surface area (Å²) in [4.78, 5) is 37.6. The van der Waals surface area contributed by atoms with Gasteiger partial charge in [0, 0.05) is 23.7 Å². The molecule has 0 spiro atoms. The fraction of sp³-hybridized carbons (Fsp3) is 0.308. The number of halogens is 1. The smallest absolute Gasteiger partial charge is 0.417 e. The molecule has 2 heterocycles. The highest BCUT2D eigenvalue weighted by atomic mass is 35.5. The number of hydrogen-bond donors (Lipinski definition) is 0. The van der Waals surface area contributed by atoms with Crippen molar-refractivity contribution in [3.05, 3.63) is 34.9 Å². The normalized spacial score (nSPS) is 19.1. The third-order valence-electron chi connectivity index (χ3n) is 3.37. The molecule has 0 unspecified atom stereocenters. The number of carbonyl (C=O) groups excluding carboxylic acids is 3. The van der Waals surface area contributed by atoms with Gasteiger partial charge in [0.2, 0.25) is 0 Å². The van der Waals surface area contributed by atoms with Crippen molar-refractivity contribution in [1.82, 2.24) is 9.80 Å². The van der Waals surface area contributed by atoms with Crippen LogP contribution in [0.25, 0.3) is 0 Å². The maximum atomic E-state index is 12.2. The molecule has 0 radical (unpaired) electrons. The highest BCUT2D eigenvalue weighted by Gasteiger charge is 2.44. The molecule has 2 saturated heterocycles. The number of amides is 3. The van der Waals surface area contributed by atoms with Gasteiger partial charge in [-0.3, -0.25) is 9.59 Å². The molecule has 2 aliphatic heterocycles. The Morgan fingerprint density at radius 3 is 2.65 bits per heavy atom. The van der Waals surface area contributed by atoms with Crippen LogP contribution in [-0.4, -0.2) is 53.4 Å². The molecule has 0 saturated carbocycles. The molecule has 104 valence electrons. The molecule has 3 rings (SSSR count). The average molecular weight is 295 g/mol. The van der Waals surface area contributed by atoms with Gasteiger partial charge in [-0.2, -0.15) is 0 Å². The van der Waals surface area contributed by atoms with Gasteiger partial charge in [-0.25, -0.2) is 9.69 Å². The molecule has 0 N–H and O–H groups in total. The minimum Gasteiger partial charge on any atom is -0.439 e. The molecule has 0 atom stereocenters. The molecule has 1 aromatic rings. The van der Waals surface area contributed by atoms with E-state index in [0.717, 1.165) is 4.90 Å². The summed E-state index contributed by atoms with van der Waals surface area (Å²) in [5, 5.41) is 0.492.